The van der Waals surface area contributed by atoms with Crippen LogP contribution < -0.4 is 4.90 Å². The van der Waals surface area contributed by atoms with Gasteiger partial charge in [-0.1, -0.05) is 96.1 Å². The van der Waals surface area contributed by atoms with Crippen molar-refractivity contribution in [1.82, 2.24) is 0 Å². The normalized spacial score (nSPS) is 10.8. The van der Waals surface area contributed by atoms with Crippen LogP contribution in [-0.4, -0.2) is 10.2 Å². The van der Waals surface area contributed by atoms with Crippen molar-refractivity contribution in [3.63, 3.8) is 0 Å². The number of rotatable bonds is 8. The summed E-state index contributed by atoms with van der Waals surface area (Å²) in [5, 5.41) is 19.0. The van der Waals surface area contributed by atoms with Crippen molar-refractivity contribution in [2.24, 2.45) is 0 Å². The molecule has 0 spiro atoms. The molecule has 194 valence electrons. The summed E-state index contributed by atoms with van der Waals surface area (Å²) in [6.45, 7) is 4.25. The van der Waals surface area contributed by atoms with Gasteiger partial charge in [0.05, 0.1) is 13.2 Å². The van der Waals surface area contributed by atoms with Crippen LogP contribution in [0.4, 0.5) is 17.1 Å². The number of aliphatic hydroxyl groups excluding tert-OH is 2. The highest BCUT2D eigenvalue weighted by atomic mass is 16.3. The van der Waals surface area contributed by atoms with E-state index in [2.05, 4.69) is 97.6 Å². The van der Waals surface area contributed by atoms with Crippen LogP contribution in [0.15, 0.2) is 121 Å². The van der Waals surface area contributed by atoms with E-state index in [-0.39, 0.29) is 13.2 Å². The average Bonchev–Trinajstić information content (AvgIpc) is 2.99. The number of aliphatic hydroxyl groups is 2. The third-order valence-corrected chi connectivity index (χ3v) is 6.94. The van der Waals surface area contributed by atoms with Crippen LogP contribution >= 0.6 is 0 Å². The Bertz CT molecular complexity index is 1440. The van der Waals surface area contributed by atoms with Crippen LogP contribution in [0.2, 0.25) is 0 Å². The zero-order valence-electron chi connectivity index (χ0n) is 22.4. The molecule has 3 heteroatoms. The first kappa shape index (κ1) is 26.2. The van der Waals surface area contributed by atoms with E-state index in [9.17, 15) is 10.2 Å². The van der Waals surface area contributed by atoms with Crippen LogP contribution in [0.25, 0.3) is 11.6 Å². The summed E-state index contributed by atoms with van der Waals surface area (Å²) in [6, 6.07) is 41.8. The summed E-state index contributed by atoms with van der Waals surface area (Å²) in [7, 11) is 0. The van der Waals surface area contributed by atoms with Crippen LogP contribution in [-0.2, 0) is 13.2 Å². The van der Waals surface area contributed by atoms with Crippen molar-refractivity contribution in [2.75, 3.05) is 4.90 Å². The Hall–Kier alpha value is -4.44. The van der Waals surface area contributed by atoms with Gasteiger partial charge >= 0.3 is 0 Å². The Balaban J connectivity index is 1.54. The first-order chi connectivity index (χ1) is 19.0. The Morgan fingerprint density at radius 2 is 0.872 bits per heavy atom. The lowest BCUT2D eigenvalue weighted by molar-refractivity contribution is 0.281. The third kappa shape index (κ3) is 6.18. The summed E-state index contributed by atoms with van der Waals surface area (Å²) in [6.07, 6.45) is 2.19. The molecule has 0 unspecified atom stereocenters. The molecule has 0 saturated carbocycles. The highest BCUT2D eigenvalue weighted by molar-refractivity contribution is 5.92. The van der Waals surface area contributed by atoms with Gasteiger partial charge in [0.1, 0.15) is 0 Å². The average molecular weight is 512 g/mol. The SMILES string of the molecule is Cc1ccc(N(c2ccc(C)cc2)c2ccc(C=C(c3ccc(CO)cc3)c3ccc(CO)cc3)cc2)cc1. The lowest BCUT2D eigenvalue weighted by Crippen LogP contribution is -2.09. The number of benzene rings is 5. The molecule has 0 amide bonds. The summed E-state index contributed by atoms with van der Waals surface area (Å²) >= 11 is 0. The number of nitrogens with zero attached hydrogens (tertiary/aromatic N) is 1. The zero-order chi connectivity index (χ0) is 27.2. The summed E-state index contributed by atoms with van der Waals surface area (Å²) < 4.78 is 0. The van der Waals surface area contributed by atoms with Gasteiger partial charge in [-0.3, -0.25) is 0 Å². The number of hydrogen-bond acceptors (Lipinski definition) is 3. The molecule has 0 bridgehead atoms. The molecule has 0 fully saturated rings. The number of aryl methyl sites for hydroxylation is 2. The van der Waals surface area contributed by atoms with Gasteiger partial charge in [0, 0.05) is 17.1 Å². The molecule has 5 aromatic rings. The molecule has 0 saturated heterocycles. The molecule has 0 radical (unpaired) electrons. The van der Waals surface area contributed by atoms with Crippen LogP contribution in [0.1, 0.15) is 38.9 Å². The van der Waals surface area contributed by atoms with E-state index in [0.717, 1.165) is 50.5 Å². The maximum Gasteiger partial charge on any atom is 0.0681 e. The lowest BCUT2D eigenvalue weighted by Gasteiger charge is -2.26. The highest BCUT2D eigenvalue weighted by Gasteiger charge is 2.13. The first-order valence-corrected chi connectivity index (χ1v) is 13.2. The molecule has 0 aliphatic rings. The number of hydrogen-bond donors (Lipinski definition) is 2. The standard InChI is InChI=1S/C36H33NO2/c1-26-3-17-33(18-4-26)37(34-19-5-27(2)6-20-34)35-21-11-28(12-22-35)23-36(31-13-7-29(24-38)8-14-31)32-15-9-30(25-39)10-16-32/h3-23,38-39H,24-25H2,1-2H3. The minimum Gasteiger partial charge on any atom is -0.392 e. The fourth-order valence-electron chi connectivity index (χ4n) is 4.63. The monoisotopic (exact) mass is 511 g/mol. The van der Waals surface area contributed by atoms with Gasteiger partial charge in [0.15, 0.2) is 0 Å². The Labute approximate surface area is 231 Å². The molecule has 0 aromatic heterocycles. The Kier molecular flexibility index (Phi) is 8.02. The van der Waals surface area contributed by atoms with Crippen LogP contribution in [0, 0.1) is 13.8 Å². The van der Waals surface area contributed by atoms with Gasteiger partial charge in [-0.2, -0.15) is 0 Å². The van der Waals surface area contributed by atoms with Crippen molar-refractivity contribution in [3.8, 4) is 0 Å². The van der Waals surface area contributed by atoms with E-state index in [1.165, 1.54) is 11.1 Å². The zero-order valence-corrected chi connectivity index (χ0v) is 22.4. The van der Waals surface area contributed by atoms with Crippen molar-refractivity contribution in [3.05, 3.63) is 160 Å². The van der Waals surface area contributed by atoms with Gasteiger partial charge in [-0.05, 0) is 89.7 Å². The Morgan fingerprint density at radius 1 is 0.513 bits per heavy atom. The largest absolute Gasteiger partial charge is 0.392 e. The van der Waals surface area contributed by atoms with Crippen molar-refractivity contribution in [2.45, 2.75) is 27.1 Å². The molecule has 0 aliphatic heterocycles. The van der Waals surface area contributed by atoms with Crippen molar-refractivity contribution >= 4 is 28.7 Å². The topological polar surface area (TPSA) is 43.7 Å². The highest BCUT2D eigenvalue weighted by Crippen LogP contribution is 2.35. The second-order valence-corrected chi connectivity index (χ2v) is 9.87. The molecule has 0 heterocycles. The molecule has 3 nitrogen and oxygen atoms in total. The molecule has 5 rings (SSSR count). The maximum absolute atomic E-state index is 9.50. The van der Waals surface area contributed by atoms with E-state index in [4.69, 9.17) is 0 Å². The fraction of sp³-hybridized carbons (Fsp3) is 0.111. The van der Waals surface area contributed by atoms with Crippen LogP contribution in [0.5, 0.6) is 0 Å². The Morgan fingerprint density at radius 3 is 1.23 bits per heavy atom. The minimum absolute atomic E-state index is 0.0183. The van der Waals surface area contributed by atoms with E-state index < -0.39 is 0 Å². The van der Waals surface area contributed by atoms with Crippen LogP contribution in [0.3, 0.4) is 0 Å². The van der Waals surface area contributed by atoms with Crippen molar-refractivity contribution in [1.29, 1.82) is 0 Å². The molecule has 0 aliphatic carbocycles. The maximum atomic E-state index is 9.50. The third-order valence-electron chi connectivity index (χ3n) is 6.94. The molecular weight excluding hydrogens is 478 g/mol. The fourth-order valence-corrected chi connectivity index (χ4v) is 4.63. The van der Waals surface area contributed by atoms with E-state index in [0.29, 0.717) is 0 Å². The van der Waals surface area contributed by atoms with Gasteiger partial charge in [-0.25, -0.2) is 0 Å². The molecular formula is C36H33NO2. The molecule has 0 atom stereocenters. The second-order valence-electron chi connectivity index (χ2n) is 9.87. The van der Waals surface area contributed by atoms with Gasteiger partial charge in [0.2, 0.25) is 0 Å². The summed E-state index contributed by atoms with van der Waals surface area (Å²) in [4.78, 5) is 2.27. The van der Waals surface area contributed by atoms with Gasteiger partial charge < -0.3 is 15.1 Å². The van der Waals surface area contributed by atoms with E-state index in [1.807, 2.05) is 48.5 Å². The molecule has 5 aromatic carbocycles. The van der Waals surface area contributed by atoms with E-state index >= 15 is 0 Å². The molecule has 39 heavy (non-hydrogen) atoms. The lowest BCUT2D eigenvalue weighted by atomic mass is 9.94. The van der Waals surface area contributed by atoms with Gasteiger partial charge in [-0.15, -0.1) is 0 Å². The molecule has 2 N–H and O–H groups in total. The van der Waals surface area contributed by atoms with E-state index in [1.54, 1.807) is 0 Å². The quantitative estimate of drug-likeness (QED) is 0.206. The summed E-state index contributed by atoms with van der Waals surface area (Å²) in [5.41, 5.74) is 11.8. The second kappa shape index (κ2) is 12.0. The van der Waals surface area contributed by atoms with Crippen molar-refractivity contribution < 1.29 is 10.2 Å². The van der Waals surface area contributed by atoms with Gasteiger partial charge in [0.25, 0.3) is 0 Å². The smallest absolute Gasteiger partial charge is 0.0681 e. The minimum atomic E-state index is 0.0183. The summed E-state index contributed by atoms with van der Waals surface area (Å²) in [5.74, 6) is 0. The predicted molar refractivity (Wildman–Crippen MR) is 162 cm³/mol. The predicted octanol–water partition coefficient (Wildman–Crippen LogP) is 8.35. The number of anilines is 3. The first-order valence-electron chi connectivity index (χ1n) is 13.2.